The third-order valence-electron chi connectivity index (χ3n) is 2.56. The Bertz CT molecular complexity index is 729. The molecule has 7 heteroatoms. The molecular weight excluding hydrogens is 282 g/mol. The summed E-state index contributed by atoms with van der Waals surface area (Å²) in [5.74, 6) is 0. The predicted octanol–water partition coefficient (Wildman–Crippen LogP) is 1.80. The van der Waals surface area contributed by atoms with Gasteiger partial charge in [0, 0.05) is 17.6 Å². The lowest BCUT2D eigenvalue weighted by molar-refractivity contribution is 0.581. The van der Waals surface area contributed by atoms with Gasteiger partial charge in [0.2, 0.25) is 10.0 Å². The Morgan fingerprint density at radius 1 is 1.47 bits per heavy atom. The van der Waals surface area contributed by atoms with Gasteiger partial charge in [-0.15, -0.1) is 11.3 Å². The van der Waals surface area contributed by atoms with Crippen LogP contribution in [0, 0.1) is 18.3 Å². The fourth-order valence-electron chi connectivity index (χ4n) is 1.51. The summed E-state index contributed by atoms with van der Waals surface area (Å²) >= 11 is 1.49. The Morgan fingerprint density at radius 3 is 2.89 bits per heavy atom. The highest BCUT2D eigenvalue weighted by molar-refractivity contribution is 7.89. The number of sulfonamides is 1. The first-order valence-electron chi connectivity index (χ1n) is 5.42. The molecule has 0 aromatic carbocycles. The lowest BCUT2D eigenvalue weighted by atomic mass is 10.3. The molecule has 0 unspecified atom stereocenters. The zero-order valence-corrected chi connectivity index (χ0v) is 11.8. The largest absolute Gasteiger partial charge is 0.244 e. The Hall–Kier alpha value is -1.75. The zero-order valence-electron chi connectivity index (χ0n) is 10.1. The fourth-order valence-corrected chi connectivity index (χ4v) is 3.55. The molecule has 0 atom stereocenters. The average Bonchev–Trinajstić information content (AvgIpc) is 2.82. The topological polar surface area (TPSA) is 82.8 Å². The highest BCUT2D eigenvalue weighted by Crippen LogP contribution is 2.17. The van der Waals surface area contributed by atoms with Crippen molar-refractivity contribution >= 4 is 21.4 Å². The summed E-state index contributed by atoms with van der Waals surface area (Å²) in [4.78, 5) is 4.61. The van der Waals surface area contributed by atoms with Gasteiger partial charge in [-0.25, -0.2) is 18.1 Å². The molecule has 2 aromatic rings. The predicted molar refractivity (Wildman–Crippen MR) is 72.0 cm³/mol. The second kappa shape index (κ2) is 5.48. The summed E-state index contributed by atoms with van der Waals surface area (Å²) < 4.78 is 26.7. The molecule has 0 fully saturated rings. The van der Waals surface area contributed by atoms with E-state index in [0.717, 1.165) is 10.4 Å². The first-order valence-corrected chi connectivity index (χ1v) is 7.78. The Morgan fingerprint density at radius 2 is 2.26 bits per heavy atom. The van der Waals surface area contributed by atoms with E-state index >= 15 is 0 Å². The normalized spacial score (nSPS) is 11.2. The number of aryl methyl sites for hydroxylation is 1. The van der Waals surface area contributed by atoms with Crippen LogP contribution in [0.25, 0.3) is 0 Å². The smallest absolute Gasteiger partial charge is 0.243 e. The van der Waals surface area contributed by atoms with Gasteiger partial charge in [-0.1, -0.05) is 0 Å². The van der Waals surface area contributed by atoms with Crippen LogP contribution in [0.5, 0.6) is 0 Å². The molecule has 1 N–H and O–H groups in total. The van der Waals surface area contributed by atoms with Crippen LogP contribution in [0.3, 0.4) is 0 Å². The van der Waals surface area contributed by atoms with Crippen LogP contribution in [-0.4, -0.2) is 13.4 Å². The van der Waals surface area contributed by atoms with E-state index in [9.17, 15) is 8.42 Å². The van der Waals surface area contributed by atoms with Crippen molar-refractivity contribution in [3.8, 4) is 6.07 Å². The van der Waals surface area contributed by atoms with Crippen molar-refractivity contribution in [3.05, 3.63) is 45.9 Å². The number of aromatic nitrogens is 1. The Kier molecular flexibility index (Phi) is 3.95. The number of hydrogen-bond donors (Lipinski definition) is 1. The molecule has 0 aliphatic carbocycles. The number of nitrogens with zero attached hydrogens (tertiary/aromatic N) is 2. The van der Waals surface area contributed by atoms with Crippen molar-refractivity contribution in [1.29, 1.82) is 5.26 Å². The fraction of sp³-hybridized carbons (Fsp3) is 0.167. The molecule has 19 heavy (non-hydrogen) atoms. The molecular formula is C12H11N3O2S2. The summed E-state index contributed by atoms with van der Waals surface area (Å²) in [6.45, 7) is 2.14. The SMILES string of the molecule is Cc1ccsc1CNS(=O)(=O)c1cccnc1C#N. The van der Waals surface area contributed by atoms with E-state index in [4.69, 9.17) is 5.26 Å². The van der Waals surface area contributed by atoms with E-state index in [1.54, 1.807) is 6.07 Å². The van der Waals surface area contributed by atoms with Crippen LogP contribution in [-0.2, 0) is 16.6 Å². The maximum Gasteiger partial charge on any atom is 0.243 e. The van der Waals surface area contributed by atoms with Gasteiger partial charge in [0.15, 0.2) is 5.69 Å². The Labute approximate surface area is 115 Å². The van der Waals surface area contributed by atoms with Crippen molar-refractivity contribution in [2.45, 2.75) is 18.4 Å². The minimum absolute atomic E-state index is 0.0910. The van der Waals surface area contributed by atoms with Gasteiger partial charge in [0.25, 0.3) is 0 Å². The van der Waals surface area contributed by atoms with Crippen LogP contribution in [0.2, 0.25) is 0 Å². The molecule has 0 saturated carbocycles. The standard InChI is InChI=1S/C12H11N3O2S2/c1-9-4-6-18-11(9)8-15-19(16,17)12-3-2-5-14-10(12)7-13/h2-6,15H,8H2,1H3. The van der Waals surface area contributed by atoms with E-state index < -0.39 is 10.0 Å². The summed E-state index contributed by atoms with van der Waals surface area (Å²) in [5.41, 5.74) is 0.942. The van der Waals surface area contributed by atoms with Gasteiger partial charge in [-0.05, 0) is 36.1 Å². The molecule has 0 saturated heterocycles. The minimum atomic E-state index is -3.72. The highest BCUT2D eigenvalue weighted by atomic mass is 32.2. The average molecular weight is 293 g/mol. The lowest BCUT2D eigenvalue weighted by Gasteiger charge is -2.07. The van der Waals surface area contributed by atoms with Crippen molar-refractivity contribution < 1.29 is 8.42 Å². The van der Waals surface area contributed by atoms with Crippen LogP contribution in [0.15, 0.2) is 34.7 Å². The van der Waals surface area contributed by atoms with Gasteiger partial charge < -0.3 is 0 Å². The monoisotopic (exact) mass is 293 g/mol. The third-order valence-corrected chi connectivity index (χ3v) is 5.01. The number of pyridine rings is 1. The molecule has 0 bridgehead atoms. The number of thiophene rings is 1. The zero-order chi connectivity index (χ0) is 13.9. The summed E-state index contributed by atoms with van der Waals surface area (Å²) in [6.07, 6.45) is 1.39. The van der Waals surface area contributed by atoms with Gasteiger partial charge in [0.1, 0.15) is 11.0 Å². The maximum absolute atomic E-state index is 12.1. The van der Waals surface area contributed by atoms with E-state index in [1.165, 1.54) is 29.7 Å². The molecule has 2 heterocycles. The summed E-state index contributed by atoms with van der Waals surface area (Å²) in [6, 6.07) is 6.57. The minimum Gasteiger partial charge on any atom is -0.244 e. The van der Waals surface area contributed by atoms with Crippen molar-refractivity contribution in [3.63, 3.8) is 0 Å². The molecule has 0 radical (unpaired) electrons. The van der Waals surface area contributed by atoms with Crippen molar-refractivity contribution in [2.24, 2.45) is 0 Å². The van der Waals surface area contributed by atoms with Crippen molar-refractivity contribution in [1.82, 2.24) is 9.71 Å². The molecule has 0 aliphatic rings. The number of rotatable bonds is 4. The highest BCUT2D eigenvalue weighted by Gasteiger charge is 2.19. The first-order chi connectivity index (χ1) is 9.04. The second-order valence-electron chi connectivity index (χ2n) is 3.81. The molecule has 0 amide bonds. The number of nitriles is 1. The van der Waals surface area contributed by atoms with E-state index in [0.29, 0.717) is 0 Å². The summed E-state index contributed by atoms with van der Waals surface area (Å²) in [7, 11) is -3.72. The van der Waals surface area contributed by atoms with E-state index in [1.807, 2.05) is 18.4 Å². The van der Waals surface area contributed by atoms with Crippen LogP contribution >= 0.6 is 11.3 Å². The van der Waals surface area contributed by atoms with Gasteiger partial charge in [-0.3, -0.25) is 0 Å². The number of nitrogens with one attached hydrogen (secondary N) is 1. The van der Waals surface area contributed by atoms with Gasteiger partial charge in [0.05, 0.1) is 0 Å². The number of hydrogen-bond acceptors (Lipinski definition) is 5. The van der Waals surface area contributed by atoms with Crippen molar-refractivity contribution in [2.75, 3.05) is 0 Å². The molecule has 0 aliphatic heterocycles. The molecule has 2 aromatic heterocycles. The quantitative estimate of drug-likeness (QED) is 0.931. The van der Waals surface area contributed by atoms with Crippen LogP contribution in [0.1, 0.15) is 16.1 Å². The van der Waals surface area contributed by atoms with Crippen LogP contribution < -0.4 is 4.72 Å². The first kappa shape index (κ1) is 13.7. The maximum atomic E-state index is 12.1. The van der Waals surface area contributed by atoms with E-state index in [2.05, 4.69) is 9.71 Å². The second-order valence-corrected chi connectivity index (χ2v) is 6.55. The van der Waals surface area contributed by atoms with Crippen LogP contribution in [0.4, 0.5) is 0 Å². The molecule has 0 spiro atoms. The summed E-state index contributed by atoms with van der Waals surface area (Å²) in [5, 5.41) is 10.8. The lowest BCUT2D eigenvalue weighted by Crippen LogP contribution is -2.24. The van der Waals surface area contributed by atoms with Gasteiger partial charge in [-0.2, -0.15) is 5.26 Å². The Balaban J connectivity index is 2.24. The van der Waals surface area contributed by atoms with E-state index in [-0.39, 0.29) is 17.1 Å². The molecule has 98 valence electrons. The molecule has 2 rings (SSSR count). The van der Waals surface area contributed by atoms with Gasteiger partial charge >= 0.3 is 0 Å². The third kappa shape index (κ3) is 2.98. The molecule has 5 nitrogen and oxygen atoms in total.